The molecule has 2 atom stereocenters. The number of thioether (sulfide) groups is 1. The van der Waals surface area contributed by atoms with Crippen LogP contribution < -0.4 is 5.73 Å². The molecule has 2 aromatic rings. The Balaban J connectivity index is 1.83. The first-order valence-electron chi connectivity index (χ1n) is 8.29. The van der Waals surface area contributed by atoms with Crippen LogP contribution in [0.3, 0.4) is 0 Å². The third-order valence-electron chi connectivity index (χ3n) is 4.30. The van der Waals surface area contributed by atoms with E-state index in [-0.39, 0.29) is 5.78 Å². The number of aryl methyl sites for hydroxylation is 1. The molecule has 6 heteroatoms. The molecule has 25 heavy (non-hydrogen) atoms. The molecule has 5 nitrogen and oxygen atoms in total. The van der Waals surface area contributed by atoms with Crippen molar-refractivity contribution in [3.05, 3.63) is 59.2 Å². The van der Waals surface area contributed by atoms with Crippen LogP contribution in [0.4, 0.5) is 0 Å². The highest BCUT2D eigenvalue weighted by molar-refractivity contribution is 8.14. The summed E-state index contributed by atoms with van der Waals surface area (Å²) in [6.45, 7) is 6.14. The average molecular weight is 354 g/mol. The van der Waals surface area contributed by atoms with E-state index in [9.17, 15) is 4.79 Å². The first-order chi connectivity index (χ1) is 11.9. The lowest BCUT2D eigenvalue weighted by Crippen LogP contribution is -2.33. The number of amidine groups is 1. The van der Waals surface area contributed by atoms with Crippen LogP contribution in [0.25, 0.3) is 0 Å². The SMILES string of the molecule is Cc1ccc(C(=O)Cc2ccnc([C@]3(C)C[C@@H](C)SC(N)=N3)c2)nc1. The number of carbonyl (C=O) groups excluding carboxylic acids is 1. The molecule has 3 heterocycles. The van der Waals surface area contributed by atoms with Crippen molar-refractivity contribution in [1.82, 2.24) is 9.97 Å². The maximum Gasteiger partial charge on any atom is 0.185 e. The summed E-state index contributed by atoms with van der Waals surface area (Å²) in [4.78, 5) is 25.8. The van der Waals surface area contributed by atoms with Crippen LogP contribution in [-0.4, -0.2) is 26.2 Å². The highest BCUT2D eigenvalue weighted by Crippen LogP contribution is 2.37. The Bertz CT molecular complexity index is 818. The van der Waals surface area contributed by atoms with Gasteiger partial charge in [-0.1, -0.05) is 24.8 Å². The summed E-state index contributed by atoms with van der Waals surface area (Å²) in [5, 5.41) is 0.972. The average Bonchev–Trinajstić information content (AvgIpc) is 2.54. The Morgan fingerprint density at radius 1 is 1.36 bits per heavy atom. The van der Waals surface area contributed by atoms with Crippen LogP contribution in [0.15, 0.2) is 41.7 Å². The number of nitrogens with zero attached hydrogens (tertiary/aromatic N) is 3. The minimum atomic E-state index is -0.448. The monoisotopic (exact) mass is 354 g/mol. The van der Waals surface area contributed by atoms with Gasteiger partial charge in [-0.05, 0) is 49.6 Å². The molecule has 2 aromatic heterocycles. The largest absolute Gasteiger partial charge is 0.379 e. The number of Topliss-reactive ketones (excluding diaryl/α,β-unsaturated/α-hetero) is 1. The molecule has 0 bridgehead atoms. The molecular weight excluding hydrogens is 332 g/mol. The fourth-order valence-electron chi connectivity index (χ4n) is 3.07. The smallest absolute Gasteiger partial charge is 0.185 e. The second-order valence-electron chi connectivity index (χ2n) is 6.73. The van der Waals surface area contributed by atoms with E-state index < -0.39 is 5.54 Å². The summed E-state index contributed by atoms with van der Waals surface area (Å²) in [6, 6.07) is 7.50. The van der Waals surface area contributed by atoms with Gasteiger partial charge in [-0.15, -0.1) is 0 Å². The summed E-state index contributed by atoms with van der Waals surface area (Å²) in [7, 11) is 0. The van der Waals surface area contributed by atoms with Gasteiger partial charge in [0, 0.05) is 24.1 Å². The van der Waals surface area contributed by atoms with Crippen LogP contribution in [-0.2, 0) is 12.0 Å². The van der Waals surface area contributed by atoms with Crippen molar-refractivity contribution in [2.24, 2.45) is 10.7 Å². The Hall–Kier alpha value is -2.21. The van der Waals surface area contributed by atoms with Gasteiger partial charge >= 0.3 is 0 Å². The first-order valence-corrected chi connectivity index (χ1v) is 9.17. The van der Waals surface area contributed by atoms with Gasteiger partial charge in [0.25, 0.3) is 0 Å². The second kappa shape index (κ2) is 6.96. The molecule has 1 aliphatic rings. The van der Waals surface area contributed by atoms with Crippen LogP contribution in [0.2, 0.25) is 0 Å². The highest BCUT2D eigenvalue weighted by atomic mass is 32.2. The highest BCUT2D eigenvalue weighted by Gasteiger charge is 2.34. The van der Waals surface area contributed by atoms with Crippen molar-refractivity contribution in [2.45, 2.75) is 44.4 Å². The molecule has 1 aliphatic heterocycles. The van der Waals surface area contributed by atoms with Crippen LogP contribution in [0.5, 0.6) is 0 Å². The van der Waals surface area contributed by atoms with Crippen LogP contribution in [0.1, 0.15) is 47.6 Å². The van der Waals surface area contributed by atoms with Gasteiger partial charge in [0.2, 0.25) is 0 Å². The fraction of sp³-hybridized carbons (Fsp3) is 0.368. The Morgan fingerprint density at radius 2 is 2.16 bits per heavy atom. The molecule has 0 radical (unpaired) electrons. The summed E-state index contributed by atoms with van der Waals surface area (Å²) in [6.07, 6.45) is 4.61. The molecule has 0 saturated carbocycles. The lowest BCUT2D eigenvalue weighted by molar-refractivity contribution is 0.0988. The molecule has 0 spiro atoms. The van der Waals surface area contributed by atoms with Gasteiger partial charge in [0.1, 0.15) is 11.2 Å². The van der Waals surface area contributed by atoms with Gasteiger partial charge in [0.05, 0.1) is 5.69 Å². The van der Waals surface area contributed by atoms with Gasteiger partial charge in [-0.2, -0.15) is 0 Å². The minimum Gasteiger partial charge on any atom is -0.379 e. The molecule has 0 aromatic carbocycles. The van der Waals surface area contributed by atoms with E-state index in [1.54, 1.807) is 30.2 Å². The number of ketones is 1. The van der Waals surface area contributed by atoms with Gasteiger partial charge < -0.3 is 5.73 Å². The van der Waals surface area contributed by atoms with E-state index >= 15 is 0 Å². The van der Waals surface area contributed by atoms with Crippen molar-refractivity contribution in [3.63, 3.8) is 0 Å². The number of pyridine rings is 2. The number of hydrogen-bond acceptors (Lipinski definition) is 6. The number of aromatic nitrogens is 2. The van der Waals surface area contributed by atoms with Crippen molar-refractivity contribution in [1.29, 1.82) is 0 Å². The second-order valence-corrected chi connectivity index (χ2v) is 8.19. The van der Waals surface area contributed by atoms with E-state index in [0.717, 1.165) is 23.2 Å². The molecule has 130 valence electrons. The topological polar surface area (TPSA) is 81.2 Å². The molecular formula is C19H22N4OS. The quantitative estimate of drug-likeness (QED) is 0.852. The number of carbonyl (C=O) groups is 1. The number of hydrogen-bond donors (Lipinski definition) is 1. The summed E-state index contributed by atoms with van der Waals surface area (Å²) in [5.41, 5.74) is 8.81. The zero-order valence-corrected chi connectivity index (χ0v) is 15.5. The van der Waals surface area contributed by atoms with Crippen molar-refractivity contribution < 1.29 is 4.79 Å². The van der Waals surface area contributed by atoms with Crippen molar-refractivity contribution in [2.75, 3.05) is 0 Å². The summed E-state index contributed by atoms with van der Waals surface area (Å²) in [5.74, 6) is -0.00196. The fourth-order valence-corrected chi connectivity index (χ4v) is 4.15. The van der Waals surface area contributed by atoms with E-state index in [1.807, 2.05) is 32.0 Å². The third kappa shape index (κ3) is 4.07. The lowest BCUT2D eigenvalue weighted by atomic mass is 9.90. The normalized spacial score (nSPS) is 23.2. The number of rotatable bonds is 4. The van der Waals surface area contributed by atoms with Gasteiger partial charge in [0.15, 0.2) is 11.0 Å². The van der Waals surface area contributed by atoms with Crippen LogP contribution in [0, 0.1) is 6.92 Å². The lowest BCUT2D eigenvalue weighted by Gasteiger charge is -2.32. The molecule has 0 unspecified atom stereocenters. The maximum absolute atomic E-state index is 12.5. The molecule has 0 fully saturated rings. The van der Waals surface area contributed by atoms with Gasteiger partial charge in [-0.25, -0.2) is 4.99 Å². The zero-order chi connectivity index (χ0) is 18.0. The number of aliphatic imine (C=N–C) groups is 1. The Kier molecular flexibility index (Phi) is 4.90. The number of nitrogens with two attached hydrogens (primary N) is 1. The molecule has 3 rings (SSSR count). The zero-order valence-electron chi connectivity index (χ0n) is 14.7. The molecule has 0 amide bonds. The molecule has 2 N–H and O–H groups in total. The Morgan fingerprint density at radius 3 is 2.84 bits per heavy atom. The van der Waals surface area contributed by atoms with Gasteiger partial charge in [-0.3, -0.25) is 14.8 Å². The summed E-state index contributed by atoms with van der Waals surface area (Å²) < 4.78 is 0. The first kappa shape index (κ1) is 17.6. The van der Waals surface area contributed by atoms with E-state index in [1.165, 1.54) is 0 Å². The van der Waals surface area contributed by atoms with E-state index in [2.05, 4.69) is 21.9 Å². The van der Waals surface area contributed by atoms with Crippen LogP contribution >= 0.6 is 11.8 Å². The van der Waals surface area contributed by atoms with Crippen molar-refractivity contribution in [3.8, 4) is 0 Å². The Labute approximate surface area is 152 Å². The summed E-state index contributed by atoms with van der Waals surface area (Å²) >= 11 is 1.59. The minimum absolute atomic E-state index is 0.00196. The van der Waals surface area contributed by atoms with E-state index in [0.29, 0.717) is 22.5 Å². The predicted molar refractivity (Wildman–Crippen MR) is 102 cm³/mol. The van der Waals surface area contributed by atoms with E-state index in [4.69, 9.17) is 5.73 Å². The maximum atomic E-state index is 12.5. The molecule has 0 aliphatic carbocycles. The third-order valence-corrected chi connectivity index (χ3v) is 5.20. The predicted octanol–water partition coefficient (Wildman–Crippen LogP) is 3.27. The molecule has 0 saturated heterocycles. The van der Waals surface area contributed by atoms with Crippen molar-refractivity contribution >= 4 is 22.7 Å². The standard InChI is InChI=1S/C19H22N4OS/c1-12-4-5-15(22-11-12)16(24)8-14-6-7-21-17(9-14)19(3)10-13(2)25-18(20)23-19/h4-7,9,11,13H,8,10H2,1-3H3,(H2,20,23)/t13-,19+/m1/s1.